The Morgan fingerprint density at radius 1 is 1.33 bits per heavy atom. The molecule has 1 amide bonds. The number of primary amides is 1. The molecule has 82 valence electrons. The zero-order chi connectivity index (χ0) is 11.1. The lowest BCUT2D eigenvalue weighted by Gasteiger charge is -2.29. The second-order valence-electron chi connectivity index (χ2n) is 5.29. The summed E-state index contributed by atoms with van der Waals surface area (Å²) in [6.07, 6.45) is 6.19. The van der Waals surface area contributed by atoms with Gasteiger partial charge in [-0.05, 0) is 49.9 Å². The molecule has 4 bridgehead atoms. The highest BCUT2D eigenvalue weighted by Gasteiger charge is 2.60. The zero-order valence-electron chi connectivity index (χ0n) is 9.20. The number of nitrogens with two attached hydrogens (primary N) is 1. The van der Waals surface area contributed by atoms with Gasteiger partial charge in [0, 0.05) is 6.92 Å². The van der Waals surface area contributed by atoms with Crippen LogP contribution in [-0.2, 0) is 4.79 Å². The Balaban J connectivity index is 0.000000258. The molecule has 4 aliphatic rings. The van der Waals surface area contributed by atoms with Crippen LogP contribution in [0.1, 0.15) is 39.0 Å². The highest BCUT2D eigenvalue weighted by Crippen LogP contribution is 2.65. The Morgan fingerprint density at radius 3 is 2.13 bits per heavy atom. The Labute approximate surface area is 90.6 Å². The molecule has 3 nitrogen and oxygen atoms in total. The number of nitriles is 1. The van der Waals surface area contributed by atoms with Gasteiger partial charge in [0.1, 0.15) is 0 Å². The molecule has 2 N–H and O–H groups in total. The molecule has 4 aliphatic carbocycles. The lowest BCUT2D eigenvalue weighted by Crippen LogP contribution is -2.38. The van der Waals surface area contributed by atoms with Gasteiger partial charge in [-0.25, -0.2) is 0 Å². The van der Waals surface area contributed by atoms with Crippen LogP contribution < -0.4 is 5.73 Å². The van der Waals surface area contributed by atoms with Crippen LogP contribution in [0.3, 0.4) is 0 Å². The fourth-order valence-electron chi connectivity index (χ4n) is 4.20. The van der Waals surface area contributed by atoms with Crippen molar-refractivity contribution in [2.24, 2.45) is 28.9 Å². The summed E-state index contributed by atoms with van der Waals surface area (Å²) in [5.41, 5.74) is 5.48. The normalized spacial score (nSPS) is 44.4. The summed E-state index contributed by atoms with van der Waals surface area (Å²) >= 11 is 0. The van der Waals surface area contributed by atoms with Gasteiger partial charge in [0.2, 0.25) is 5.91 Å². The average Bonchev–Trinajstić information content (AvgIpc) is 2.54. The van der Waals surface area contributed by atoms with Crippen LogP contribution >= 0.6 is 0 Å². The molecular weight excluding hydrogens is 188 g/mol. The quantitative estimate of drug-likeness (QED) is 0.711. The minimum absolute atomic E-state index is 0.00259. The van der Waals surface area contributed by atoms with E-state index in [2.05, 4.69) is 0 Å². The van der Waals surface area contributed by atoms with E-state index >= 15 is 0 Å². The molecule has 4 saturated carbocycles. The smallest absolute Gasteiger partial charge is 0.223 e. The van der Waals surface area contributed by atoms with Crippen molar-refractivity contribution in [3.63, 3.8) is 0 Å². The molecule has 15 heavy (non-hydrogen) atoms. The molecule has 0 aromatic rings. The first-order valence-electron chi connectivity index (χ1n) is 5.73. The Morgan fingerprint density at radius 2 is 1.80 bits per heavy atom. The van der Waals surface area contributed by atoms with Gasteiger partial charge in [-0.1, -0.05) is 0 Å². The Kier molecular flexibility index (Phi) is 2.46. The van der Waals surface area contributed by atoms with Crippen molar-refractivity contribution < 1.29 is 4.79 Å². The van der Waals surface area contributed by atoms with Gasteiger partial charge in [0.15, 0.2) is 0 Å². The van der Waals surface area contributed by atoms with Crippen LogP contribution in [0.5, 0.6) is 0 Å². The van der Waals surface area contributed by atoms with Gasteiger partial charge in [0.25, 0.3) is 0 Å². The summed E-state index contributed by atoms with van der Waals surface area (Å²) < 4.78 is 0. The van der Waals surface area contributed by atoms with E-state index in [1.807, 2.05) is 0 Å². The van der Waals surface area contributed by atoms with Gasteiger partial charge >= 0.3 is 0 Å². The number of rotatable bonds is 1. The first-order valence-corrected chi connectivity index (χ1v) is 5.73. The lowest BCUT2D eigenvalue weighted by atomic mass is 9.75. The summed E-state index contributed by atoms with van der Waals surface area (Å²) in [4.78, 5) is 11.4. The van der Waals surface area contributed by atoms with E-state index in [9.17, 15) is 4.79 Å². The molecule has 0 aromatic heterocycles. The van der Waals surface area contributed by atoms with E-state index in [4.69, 9.17) is 11.0 Å². The second-order valence-corrected chi connectivity index (χ2v) is 5.29. The van der Waals surface area contributed by atoms with E-state index in [0.29, 0.717) is 5.92 Å². The van der Waals surface area contributed by atoms with Crippen molar-refractivity contribution in [2.75, 3.05) is 0 Å². The molecule has 0 saturated heterocycles. The summed E-state index contributed by atoms with van der Waals surface area (Å²) in [6, 6.07) is 1.75. The summed E-state index contributed by atoms with van der Waals surface area (Å²) in [5.74, 6) is 2.35. The summed E-state index contributed by atoms with van der Waals surface area (Å²) in [7, 11) is 0. The predicted octanol–water partition coefficient (Wildman–Crippen LogP) is 1.83. The topological polar surface area (TPSA) is 66.9 Å². The standard InChI is InChI=1S/C10H15NO.C2H3N/c11-9(12)10-4-6-1-7(5-10)3-8(10)2-6;1-2-3/h6-8H,1-5H2,(H2,11,12);1H3. The van der Waals surface area contributed by atoms with E-state index in [1.165, 1.54) is 26.2 Å². The molecule has 0 aromatic carbocycles. The van der Waals surface area contributed by atoms with Gasteiger partial charge in [0.05, 0.1) is 11.5 Å². The maximum absolute atomic E-state index is 11.4. The molecule has 3 heteroatoms. The Bertz CT molecular complexity index is 304. The third-order valence-corrected chi connectivity index (χ3v) is 4.48. The highest BCUT2D eigenvalue weighted by atomic mass is 16.1. The predicted molar refractivity (Wildman–Crippen MR) is 56.5 cm³/mol. The summed E-state index contributed by atoms with van der Waals surface area (Å²) in [5, 5.41) is 7.32. The molecule has 2 unspecified atom stereocenters. The fourth-order valence-corrected chi connectivity index (χ4v) is 4.20. The first-order chi connectivity index (χ1) is 7.12. The molecule has 0 heterocycles. The molecule has 0 radical (unpaired) electrons. The zero-order valence-corrected chi connectivity index (χ0v) is 9.20. The van der Waals surface area contributed by atoms with Crippen LogP contribution in [0.25, 0.3) is 0 Å². The van der Waals surface area contributed by atoms with Crippen molar-refractivity contribution in [1.82, 2.24) is 0 Å². The molecule has 4 rings (SSSR count). The molecule has 0 aliphatic heterocycles. The maximum atomic E-state index is 11.4. The number of amides is 1. The number of carbonyl (C=O) groups is 1. The highest BCUT2D eigenvalue weighted by molar-refractivity contribution is 5.82. The summed E-state index contributed by atoms with van der Waals surface area (Å²) in [6.45, 7) is 1.43. The van der Waals surface area contributed by atoms with Crippen molar-refractivity contribution in [3.8, 4) is 6.07 Å². The third-order valence-electron chi connectivity index (χ3n) is 4.48. The maximum Gasteiger partial charge on any atom is 0.223 e. The lowest BCUT2D eigenvalue weighted by molar-refractivity contribution is -0.129. The van der Waals surface area contributed by atoms with Gasteiger partial charge < -0.3 is 5.73 Å². The number of hydrogen-bond acceptors (Lipinski definition) is 2. The van der Waals surface area contributed by atoms with E-state index in [-0.39, 0.29) is 11.3 Å². The Hall–Kier alpha value is -1.04. The van der Waals surface area contributed by atoms with E-state index < -0.39 is 0 Å². The van der Waals surface area contributed by atoms with Gasteiger partial charge in [-0.2, -0.15) is 5.26 Å². The van der Waals surface area contributed by atoms with Crippen LogP contribution in [0.15, 0.2) is 0 Å². The number of hydrogen-bond donors (Lipinski definition) is 1. The van der Waals surface area contributed by atoms with Crippen molar-refractivity contribution in [1.29, 1.82) is 5.26 Å². The van der Waals surface area contributed by atoms with Crippen LogP contribution in [0, 0.1) is 34.5 Å². The number of nitrogens with zero attached hydrogens (tertiary/aromatic N) is 1. The van der Waals surface area contributed by atoms with Gasteiger partial charge in [-0.15, -0.1) is 0 Å². The van der Waals surface area contributed by atoms with E-state index in [1.54, 1.807) is 6.07 Å². The first kappa shape index (κ1) is 10.5. The monoisotopic (exact) mass is 206 g/mol. The fraction of sp³-hybridized carbons (Fsp3) is 0.833. The third kappa shape index (κ3) is 1.43. The largest absolute Gasteiger partial charge is 0.369 e. The van der Waals surface area contributed by atoms with Crippen LogP contribution in [-0.4, -0.2) is 5.91 Å². The minimum Gasteiger partial charge on any atom is -0.369 e. The number of carbonyl (C=O) groups excluding carboxylic acids is 1. The molecule has 0 spiro atoms. The second kappa shape index (κ2) is 3.52. The molecular formula is C12H18N2O. The van der Waals surface area contributed by atoms with Gasteiger partial charge in [-0.3, -0.25) is 4.79 Å². The molecule has 4 fully saturated rings. The van der Waals surface area contributed by atoms with Crippen molar-refractivity contribution in [3.05, 3.63) is 0 Å². The van der Waals surface area contributed by atoms with E-state index in [0.717, 1.165) is 24.7 Å². The SMILES string of the molecule is CC#N.NC(=O)C12CC3CC(CC1C3)C2. The average molecular weight is 206 g/mol. The minimum atomic E-state index is -0.0341. The molecule has 2 atom stereocenters. The van der Waals surface area contributed by atoms with Crippen LogP contribution in [0.4, 0.5) is 0 Å². The van der Waals surface area contributed by atoms with Crippen LogP contribution in [0.2, 0.25) is 0 Å². The van der Waals surface area contributed by atoms with Crippen molar-refractivity contribution >= 4 is 5.91 Å². The van der Waals surface area contributed by atoms with Crippen molar-refractivity contribution in [2.45, 2.75) is 39.0 Å².